The molecule has 1 atom stereocenters. The minimum atomic E-state index is -0.542. The minimum absolute atomic E-state index is 0.139. The third-order valence-corrected chi connectivity index (χ3v) is 5.14. The molecule has 1 aromatic carbocycles. The van der Waals surface area contributed by atoms with Crippen LogP contribution in [0.5, 0.6) is 0 Å². The van der Waals surface area contributed by atoms with E-state index in [0.717, 1.165) is 29.7 Å². The number of aromatic nitrogens is 2. The second-order valence-corrected chi connectivity index (χ2v) is 7.41. The van der Waals surface area contributed by atoms with Crippen LogP contribution in [-0.4, -0.2) is 34.2 Å². The summed E-state index contributed by atoms with van der Waals surface area (Å²) >= 11 is 0. The van der Waals surface area contributed by atoms with Crippen molar-refractivity contribution in [2.24, 2.45) is 0 Å². The molecule has 2 aromatic heterocycles. The van der Waals surface area contributed by atoms with Crippen LogP contribution in [0.2, 0.25) is 0 Å². The van der Waals surface area contributed by atoms with Crippen molar-refractivity contribution in [3.05, 3.63) is 59.5 Å². The average molecular weight is 392 g/mol. The van der Waals surface area contributed by atoms with Crippen molar-refractivity contribution < 1.29 is 14.0 Å². The van der Waals surface area contributed by atoms with E-state index in [2.05, 4.69) is 15.7 Å². The van der Waals surface area contributed by atoms with Crippen LogP contribution in [0.4, 0.5) is 0 Å². The molecule has 0 spiro atoms. The van der Waals surface area contributed by atoms with Gasteiger partial charge >= 0.3 is 0 Å². The van der Waals surface area contributed by atoms with Crippen molar-refractivity contribution in [1.29, 1.82) is 0 Å². The molecule has 3 aromatic rings. The molecule has 4 rings (SSSR count). The maximum atomic E-state index is 13.1. The van der Waals surface area contributed by atoms with Gasteiger partial charge in [-0.1, -0.05) is 17.7 Å². The van der Waals surface area contributed by atoms with Gasteiger partial charge < -0.3 is 15.1 Å². The lowest BCUT2D eigenvalue weighted by Gasteiger charge is -2.16. The molecular formula is C22H24N4O3. The van der Waals surface area contributed by atoms with Gasteiger partial charge in [0, 0.05) is 12.6 Å². The van der Waals surface area contributed by atoms with Gasteiger partial charge in [0.15, 0.2) is 5.76 Å². The Balaban J connectivity index is 1.72. The first-order valence-corrected chi connectivity index (χ1v) is 9.83. The summed E-state index contributed by atoms with van der Waals surface area (Å²) in [6, 6.07) is 10.7. The molecule has 29 heavy (non-hydrogen) atoms. The van der Waals surface area contributed by atoms with E-state index < -0.39 is 6.04 Å². The Bertz CT molecular complexity index is 1040. The average Bonchev–Trinajstić information content (AvgIpc) is 3.32. The first-order chi connectivity index (χ1) is 14.0. The normalized spacial score (nSPS) is 16.9. The smallest absolute Gasteiger partial charge is 0.270 e. The van der Waals surface area contributed by atoms with Crippen LogP contribution < -0.4 is 10.6 Å². The fourth-order valence-electron chi connectivity index (χ4n) is 3.62. The lowest BCUT2D eigenvalue weighted by molar-refractivity contribution is -0.122. The van der Waals surface area contributed by atoms with E-state index in [4.69, 9.17) is 4.42 Å². The standard InChI is InChI=1S/C22H24N4O3/c1-14-8-9-18(15(2)12-14)26-19(13-17(25-26)20-7-5-11-29-20)22(28)24-16-6-3-4-10-23-21(16)27/h5,7-9,11-13,16H,3-4,6,10H2,1-2H3,(H,23,27)(H,24,28)/t16-/m1/s1. The molecular weight excluding hydrogens is 368 g/mol. The Hall–Kier alpha value is -3.35. The number of nitrogens with one attached hydrogen (secondary N) is 2. The van der Waals surface area contributed by atoms with Crippen LogP contribution in [0.3, 0.4) is 0 Å². The summed E-state index contributed by atoms with van der Waals surface area (Å²) < 4.78 is 7.09. The van der Waals surface area contributed by atoms with E-state index in [0.29, 0.717) is 30.1 Å². The molecule has 0 unspecified atom stereocenters. The molecule has 0 saturated carbocycles. The number of rotatable bonds is 4. The van der Waals surface area contributed by atoms with Gasteiger partial charge in [-0.2, -0.15) is 5.10 Å². The molecule has 3 heterocycles. The van der Waals surface area contributed by atoms with Gasteiger partial charge in [0.25, 0.3) is 5.91 Å². The van der Waals surface area contributed by atoms with Crippen LogP contribution >= 0.6 is 0 Å². The summed E-state index contributed by atoms with van der Waals surface area (Å²) in [6.45, 7) is 4.65. The third-order valence-electron chi connectivity index (χ3n) is 5.14. The predicted octanol–water partition coefficient (Wildman–Crippen LogP) is 3.15. The van der Waals surface area contributed by atoms with E-state index in [1.54, 1.807) is 29.1 Å². The van der Waals surface area contributed by atoms with Gasteiger partial charge in [0.1, 0.15) is 17.4 Å². The van der Waals surface area contributed by atoms with Crippen LogP contribution in [0.25, 0.3) is 17.1 Å². The number of hydrogen-bond acceptors (Lipinski definition) is 4. The van der Waals surface area contributed by atoms with Crippen molar-refractivity contribution in [2.45, 2.75) is 39.2 Å². The van der Waals surface area contributed by atoms with Gasteiger partial charge in [0.05, 0.1) is 12.0 Å². The fourth-order valence-corrected chi connectivity index (χ4v) is 3.62. The molecule has 1 aliphatic rings. The SMILES string of the molecule is Cc1ccc(-n2nc(-c3ccco3)cc2C(=O)N[C@@H]2CCCCNC2=O)c(C)c1. The molecule has 0 radical (unpaired) electrons. The van der Waals surface area contributed by atoms with Crippen LogP contribution in [0.1, 0.15) is 40.9 Å². The highest BCUT2D eigenvalue weighted by Crippen LogP contribution is 2.24. The van der Waals surface area contributed by atoms with Crippen LogP contribution in [0, 0.1) is 13.8 Å². The number of furan rings is 1. The quantitative estimate of drug-likeness (QED) is 0.714. The summed E-state index contributed by atoms with van der Waals surface area (Å²) in [5.41, 5.74) is 3.86. The summed E-state index contributed by atoms with van der Waals surface area (Å²) in [4.78, 5) is 25.4. The Morgan fingerprint density at radius 2 is 2.10 bits per heavy atom. The zero-order valence-electron chi connectivity index (χ0n) is 16.6. The number of benzene rings is 1. The Labute approximate surface area is 169 Å². The number of carbonyl (C=O) groups is 2. The number of amides is 2. The first kappa shape index (κ1) is 19.0. The molecule has 0 aliphatic carbocycles. The van der Waals surface area contributed by atoms with Gasteiger partial charge in [-0.15, -0.1) is 0 Å². The van der Waals surface area contributed by atoms with E-state index in [1.807, 2.05) is 32.0 Å². The maximum absolute atomic E-state index is 13.1. The van der Waals surface area contributed by atoms with E-state index in [-0.39, 0.29) is 11.8 Å². The fraction of sp³-hybridized carbons (Fsp3) is 0.318. The topological polar surface area (TPSA) is 89.2 Å². The molecule has 7 heteroatoms. The van der Waals surface area contributed by atoms with E-state index >= 15 is 0 Å². The third kappa shape index (κ3) is 3.94. The highest BCUT2D eigenvalue weighted by molar-refractivity contribution is 5.97. The number of carbonyl (C=O) groups excluding carboxylic acids is 2. The monoisotopic (exact) mass is 392 g/mol. The van der Waals surface area contributed by atoms with E-state index in [1.165, 1.54) is 0 Å². The van der Waals surface area contributed by atoms with Crippen molar-refractivity contribution in [3.63, 3.8) is 0 Å². The summed E-state index contributed by atoms with van der Waals surface area (Å²) in [7, 11) is 0. The highest BCUT2D eigenvalue weighted by Gasteiger charge is 2.26. The van der Waals surface area contributed by atoms with Crippen LogP contribution in [-0.2, 0) is 4.79 Å². The maximum Gasteiger partial charge on any atom is 0.270 e. The number of aryl methyl sites for hydroxylation is 2. The molecule has 0 bridgehead atoms. The van der Waals surface area contributed by atoms with E-state index in [9.17, 15) is 9.59 Å². The highest BCUT2D eigenvalue weighted by atomic mass is 16.3. The van der Waals surface area contributed by atoms with Gasteiger partial charge in [0.2, 0.25) is 5.91 Å². The molecule has 2 amide bonds. The van der Waals surface area contributed by atoms with Gasteiger partial charge in [-0.25, -0.2) is 4.68 Å². The molecule has 1 fully saturated rings. The number of nitrogens with zero attached hydrogens (tertiary/aromatic N) is 2. The minimum Gasteiger partial charge on any atom is -0.463 e. The molecule has 1 saturated heterocycles. The van der Waals surface area contributed by atoms with Crippen molar-refractivity contribution >= 4 is 11.8 Å². The summed E-state index contributed by atoms with van der Waals surface area (Å²) in [5.74, 6) is 0.104. The van der Waals surface area contributed by atoms with Crippen LogP contribution in [0.15, 0.2) is 47.1 Å². The molecule has 150 valence electrons. The van der Waals surface area contributed by atoms with Gasteiger partial charge in [-0.3, -0.25) is 9.59 Å². The number of hydrogen-bond donors (Lipinski definition) is 2. The molecule has 1 aliphatic heterocycles. The lowest BCUT2D eigenvalue weighted by Crippen LogP contribution is -2.45. The van der Waals surface area contributed by atoms with Crippen molar-refractivity contribution in [1.82, 2.24) is 20.4 Å². The Morgan fingerprint density at radius 3 is 2.86 bits per heavy atom. The first-order valence-electron chi connectivity index (χ1n) is 9.83. The zero-order valence-corrected chi connectivity index (χ0v) is 16.6. The second-order valence-electron chi connectivity index (χ2n) is 7.41. The van der Waals surface area contributed by atoms with Crippen molar-refractivity contribution in [2.75, 3.05) is 6.54 Å². The lowest BCUT2D eigenvalue weighted by atomic mass is 10.1. The Kier molecular flexibility index (Phi) is 5.20. The summed E-state index contributed by atoms with van der Waals surface area (Å²) in [6.07, 6.45) is 4.00. The predicted molar refractivity (Wildman–Crippen MR) is 109 cm³/mol. The van der Waals surface area contributed by atoms with Gasteiger partial charge in [-0.05, 0) is 56.9 Å². The largest absolute Gasteiger partial charge is 0.463 e. The van der Waals surface area contributed by atoms with Crippen molar-refractivity contribution in [3.8, 4) is 17.1 Å². The molecule has 7 nitrogen and oxygen atoms in total. The summed E-state index contributed by atoms with van der Waals surface area (Å²) in [5, 5.41) is 10.4. The molecule has 2 N–H and O–H groups in total. The zero-order chi connectivity index (χ0) is 20.4. The Morgan fingerprint density at radius 1 is 1.24 bits per heavy atom. The second kappa shape index (κ2) is 7.95.